The summed E-state index contributed by atoms with van der Waals surface area (Å²) in [5.74, 6) is -1.59. The molecule has 0 saturated carbocycles. The minimum Gasteiger partial charge on any atom is -0.504 e. The number of phenolic OH excluding ortho intramolecular Hbond substituents is 1. The first-order valence-corrected chi connectivity index (χ1v) is 4.98. The van der Waals surface area contributed by atoms with Gasteiger partial charge in [-0.25, -0.2) is 9.59 Å². The number of benzene rings is 1. The summed E-state index contributed by atoms with van der Waals surface area (Å²) in [4.78, 5) is 21.9. The SMILES string of the molecule is O=C(O)c1cc2cc(Br)cc(O)c2oc1=O. The molecule has 0 atom stereocenters. The molecule has 0 aliphatic carbocycles. The van der Waals surface area contributed by atoms with E-state index in [2.05, 4.69) is 15.9 Å². The van der Waals surface area contributed by atoms with Gasteiger partial charge in [-0.3, -0.25) is 0 Å². The Morgan fingerprint density at radius 1 is 1.31 bits per heavy atom. The van der Waals surface area contributed by atoms with Crippen molar-refractivity contribution in [2.45, 2.75) is 0 Å². The molecule has 0 radical (unpaired) electrons. The van der Waals surface area contributed by atoms with Gasteiger partial charge >= 0.3 is 11.6 Å². The van der Waals surface area contributed by atoms with Gasteiger partial charge in [-0.15, -0.1) is 0 Å². The van der Waals surface area contributed by atoms with Gasteiger partial charge in [0.05, 0.1) is 0 Å². The summed E-state index contributed by atoms with van der Waals surface area (Å²) in [6.07, 6.45) is 0. The molecular formula is C10H5BrO5. The Hall–Kier alpha value is -1.82. The van der Waals surface area contributed by atoms with Gasteiger partial charge in [-0.1, -0.05) is 15.9 Å². The van der Waals surface area contributed by atoms with Crippen LogP contribution in [-0.4, -0.2) is 16.2 Å². The maximum Gasteiger partial charge on any atom is 0.351 e. The number of hydrogen-bond acceptors (Lipinski definition) is 4. The fourth-order valence-electron chi connectivity index (χ4n) is 1.33. The van der Waals surface area contributed by atoms with E-state index < -0.39 is 17.2 Å². The predicted octanol–water partition coefficient (Wildman–Crippen LogP) is 1.96. The maximum atomic E-state index is 11.2. The quantitative estimate of drug-likeness (QED) is 0.782. The van der Waals surface area contributed by atoms with Crippen LogP contribution in [0.4, 0.5) is 0 Å². The lowest BCUT2D eigenvalue weighted by Crippen LogP contribution is -2.12. The van der Waals surface area contributed by atoms with Crippen LogP contribution in [0.15, 0.2) is 31.9 Å². The van der Waals surface area contributed by atoms with Gasteiger partial charge < -0.3 is 14.6 Å². The Morgan fingerprint density at radius 3 is 2.62 bits per heavy atom. The average molecular weight is 285 g/mol. The summed E-state index contributed by atoms with van der Waals surface area (Å²) in [6.45, 7) is 0. The molecule has 0 aliphatic heterocycles. The van der Waals surface area contributed by atoms with E-state index >= 15 is 0 Å². The summed E-state index contributed by atoms with van der Waals surface area (Å²) in [5, 5.41) is 18.6. The summed E-state index contributed by atoms with van der Waals surface area (Å²) >= 11 is 3.14. The van der Waals surface area contributed by atoms with E-state index in [9.17, 15) is 14.7 Å². The average Bonchev–Trinajstić information content (AvgIpc) is 2.18. The Bertz CT molecular complexity index is 643. The predicted molar refractivity (Wildman–Crippen MR) is 58.8 cm³/mol. The second-order valence-electron chi connectivity index (χ2n) is 3.10. The number of phenols is 1. The molecule has 0 bridgehead atoms. The lowest BCUT2D eigenvalue weighted by Gasteiger charge is -2.01. The minimum absolute atomic E-state index is 0.0294. The molecule has 5 nitrogen and oxygen atoms in total. The van der Waals surface area contributed by atoms with Crippen molar-refractivity contribution in [2.75, 3.05) is 0 Å². The lowest BCUT2D eigenvalue weighted by molar-refractivity contribution is 0.0692. The fraction of sp³-hybridized carbons (Fsp3) is 0. The normalized spacial score (nSPS) is 10.6. The summed E-state index contributed by atoms with van der Waals surface area (Å²) in [6, 6.07) is 4.06. The Labute approximate surface area is 97.1 Å². The van der Waals surface area contributed by atoms with Crippen LogP contribution in [0.1, 0.15) is 10.4 Å². The Balaban J connectivity index is 2.90. The molecule has 82 valence electrons. The van der Waals surface area contributed by atoms with Crippen molar-refractivity contribution < 1.29 is 19.4 Å². The third-order valence-electron chi connectivity index (χ3n) is 2.01. The third-order valence-corrected chi connectivity index (χ3v) is 2.47. The van der Waals surface area contributed by atoms with Gasteiger partial charge in [-0.2, -0.15) is 0 Å². The second kappa shape index (κ2) is 3.64. The first-order chi connectivity index (χ1) is 7.49. The number of rotatable bonds is 1. The molecule has 0 fully saturated rings. The fourth-order valence-corrected chi connectivity index (χ4v) is 1.79. The number of carboxylic acid groups (broad SMARTS) is 1. The van der Waals surface area contributed by atoms with Crippen molar-refractivity contribution in [1.29, 1.82) is 0 Å². The first-order valence-electron chi connectivity index (χ1n) is 4.18. The zero-order valence-corrected chi connectivity index (χ0v) is 9.32. The summed E-state index contributed by atoms with van der Waals surface area (Å²) in [7, 11) is 0. The van der Waals surface area contributed by atoms with Crippen molar-refractivity contribution in [3.8, 4) is 5.75 Å². The van der Waals surface area contributed by atoms with Crippen LogP contribution in [0.3, 0.4) is 0 Å². The van der Waals surface area contributed by atoms with Crippen LogP contribution in [0.5, 0.6) is 5.75 Å². The van der Waals surface area contributed by atoms with E-state index in [-0.39, 0.29) is 11.3 Å². The molecule has 1 heterocycles. The van der Waals surface area contributed by atoms with Crippen LogP contribution < -0.4 is 5.63 Å². The van der Waals surface area contributed by atoms with Crippen molar-refractivity contribution in [2.24, 2.45) is 0 Å². The van der Waals surface area contributed by atoms with Crippen LogP contribution in [0.25, 0.3) is 11.0 Å². The van der Waals surface area contributed by atoms with Crippen LogP contribution in [0, 0.1) is 0 Å². The molecule has 2 rings (SSSR count). The molecule has 6 heteroatoms. The van der Waals surface area contributed by atoms with E-state index in [4.69, 9.17) is 9.52 Å². The van der Waals surface area contributed by atoms with Crippen LogP contribution in [-0.2, 0) is 0 Å². The molecule has 0 spiro atoms. The number of carbonyl (C=O) groups is 1. The molecule has 0 aliphatic rings. The number of carboxylic acids is 1. The van der Waals surface area contributed by atoms with Gasteiger partial charge in [0.2, 0.25) is 0 Å². The van der Waals surface area contributed by atoms with Crippen molar-refractivity contribution in [3.05, 3.63) is 38.7 Å². The third kappa shape index (κ3) is 1.67. The smallest absolute Gasteiger partial charge is 0.351 e. The molecule has 1 aromatic heterocycles. The van der Waals surface area contributed by atoms with E-state index in [1.807, 2.05) is 0 Å². The zero-order chi connectivity index (χ0) is 11.9. The van der Waals surface area contributed by atoms with Crippen molar-refractivity contribution in [3.63, 3.8) is 0 Å². The van der Waals surface area contributed by atoms with E-state index in [0.29, 0.717) is 9.86 Å². The molecule has 2 aromatic rings. The highest BCUT2D eigenvalue weighted by atomic mass is 79.9. The summed E-state index contributed by atoms with van der Waals surface area (Å²) < 4.78 is 5.29. The van der Waals surface area contributed by atoms with Crippen molar-refractivity contribution in [1.82, 2.24) is 0 Å². The number of aromatic hydroxyl groups is 1. The number of halogens is 1. The largest absolute Gasteiger partial charge is 0.504 e. The van der Waals surface area contributed by atoms with Crippen LogP contribution >= 0.6 is 15.9 Å². The van der Waals surface area contributed by atoms with E-state index in [0.717, 1.165) is 6.07 Å². The monoisotopic (exact) mass is 284 g/mol. The molecule has 0 unspecified atom stereocenters. The molecule has 0 amide bonds. The number of fused-ring (bicyclic) bond motifs is 1. The van der Waals surface area contributed by atoms with Gasteiger partial charge in [0.25, 0.3) is 0 Å². The molecular weight excluding hydrogens is 280 g/mol. The standard InChI is InChI=1S/C10H5BrO5/c11-5-1-4-2-6(9(13)14)10(15)16-8(4)7(12)3-5/h1-3,12H,(H,13,14). The van der Waals surface area contributed by atoms with E-state index in [1.165, 1.54) is 6.07 Å². The van der Waals surface area contributed by atoms with Crippen molar-refractivity contribution >= 4 is 32.9 Å². The van der Waals surface area contributed by atoms with Gasteiger partial charge in [0, 0.05) is 9.86 Å². The highest BCUT2D eigenvalue weighted by Gasteiger charge is 2.14. The number of hydrogen-bond donors (Lipinski definition) is 2. The molecule has 2 N–H and O–H groups in total. The van der Waals surface area contributed by atoms with Crippen LogP contribution in [0.2, 0.25) is 0 Å². The highest BCUT2D eigenvalue weighted by Crippen LogP contribution is 2.28. The number of aromatic carboxylic acids is 1. The molecule has 0 saturated heterocycles. The summed E-state index contributed by atoms with van der Waals surface area (Å²) in [5.41, 5.74) is -1.49. The lowest BCUT2D eigenvalue weighted by atomic mass is 10.2. The zero-order valence-electron chi connectivity index (χ0n) is 7.73. The Kier molecular flexibility index (Phi) is 2.43. The molecule has 1 aromatic carbocycles. The maximum absolute atomic E-state index is 11.2. The topological polar surface area (TPSA) is 87.7 Å². The minimum atomic E-state index is -1.37. The molecule has 16 heavy (non-hydrogen) atoms. The first kappa shape index (κ1) is 10.7. The second-order valence-corrected chi connectivity index (χ2v) is 4.01. The Morgan fingerprint density at radius 2 is 2.00 bits per heavy atom. The highest BCUT2D eigenvalue weighted by molar-refractivity contribution is 9.10. The van der Waals surface area contributed by atoms with Gasteiger partial charge in [-0.05, 0) is 18.2 Å². The van der Waals surface area contributed by atoms with E-state index in [1.54, 1.807) is 6.07 Å². The van der Waals surface area contributed by atoms with Gasteiger partial charge in [0.1, 0.15) is 5.56 Å². The van der Waals surface area contributed by atoms with Gasteiger partial charge in [0.15, 0.2) is 11.3 Å².